The van der Waals surface area contributed by atoms with Gasteiger partial charge in [0.25, 0.3) is 0 Å². The fourth-order valence-electron chi connectivity index (χ4n) is 2.13. The number of piperidine rings is 1. The molecule has 1 atom stereocenters. The third-order valence-electron chi connectivity index (χ3n) is 3.15. The number of rotatable bonds is 4. The number of carboxylic acid groups (broad SMARTS) is 1. The van der Waals surface area contributed by atoms with Crippen LogP contribution < -0.4 is 0 Å². The number of likely N-dealkylation sites (tertiary alicyclic amines) is 1. The van der Waals surface area contributed by atoms with Crippen molar-refractivity contribution >= 4 is 11.9 Å². The van der Waals surface area contributed by atoms with Gasteiger partial charge in [0.15, 0.2) is 0 Å². The number of amides is 1. The Hall–Kier alpha value is -1.92. The fraction of sp³-hybridized carbons (Fsp3) is 0.636. The molecule has 7 heteroatoms. The van der Waals surface area contributed by atoms with Crippen LogP contribution in [-0.4, -0.2) is 50.0 Å². The zero-order valence-corrected chi connectivity index (χ0v) is 10.0. The van der Waals surface area contributed by atoms with E-state index in [2.05, 4.69) is 10.3 Å². The Morgan fingerprint density at radius 3 is 2.94 bits per heavy atom. The molecule has 0 bridgehead atoms. The molecule has 1 N–H and O–H groups in total. The molecule has 0 unspecified atom stereocenters. The van der Waals surface area contributed by atoms with E-state index in [0.29, 0.717) is 32.5 Å². The van der Waals surface area contributed by atoms with Crippen LogP contribution in [0.4, 0.5) is 0 Å². The maximum absolute atomic E-state index is 11.9. The summed E-state index contributed by atoms with van der Waals surface area (Å²) in [6.45, 7) is 1.46. The summed E-state index contributed by atoms with van der Waals surface area (Å²) >= 11 is 0. The maximum Gasteiger partial charge on any atom is 0.308 e. The van der Waals surface area contributed by atoms with Gasteiger partial charge in [0.1, 0.15) is 0 Å². The van der Waals surface area contributed by atoms with Crippen LogP contribution in [0.5, 0.6) is 0 Å². The van der Waals surface area contributed by atoms with E-state index in [1.165, 1.54) is 0 Å². The van der Waals surface area contributed by atoms with E-state index < -0.39 is 11.9 Å². The van der Waals surface area contributed by atoms with Crippen LogP contribution in [0.1, 0.15) is 19.3 Å². The maximum atomic E-state index is 11.9. The smallest absolute Gasteiger partial charge is 0.308 e. The minimum absolute atomic E-state index is 0.0172. The number of aryl methyl sites for hydroxylation is 1. The van der Waals surface area contributed by atoms with E-state index in [4.69, 9.17) is 5.11 Å². The molecular formula is C11H16N4O3. The average Bonchev–Trinajstić information content (AvgIpc) is 2.89. The molecule has 1 aliphatic heterocycles. The van der Waals surface area contributed by atoms with Crippen LogP contribution >= 0.6 is 0 Å². The predicted molar refractivity (Wildman–Crippen MR) is 61.6 cm³/mol. The van der Waals surface area contributed by atoms with Gasteiger partial charge in [-0.2, -0.15) is 0 Å². The molecule has 2 heterocycles. The van der Waals surface area contributed by atoms with Gasteiger partial charge in [-0.05, 0) is 12.8 Å². The van der Waals surface area contributed by atoms with Gasteiger partial charge in [0, 0.05) is 25.7 Å². The number of aromatic nitrogens is 3. The molecule has 1 saturated heterocycles. The van der Waals surface area contributed by atoms with Crippen LogP contribution in [-0.2, 0) is 16.1 Å². The molecule has 1 aromatic rings. The van der Waals surface area contributed by atoms with Crippen molar-refractivity contribution in [3.63, 3.8) is 0 Å². The number of carboxylic acids is 1. The number of carbonyl (C=O) groups excluding carboxylic acids is 1. The van der Waals surface area contributed by atoms with Crippen molar-refractivity contribution in [3.8, 4) is 0 Å². The lowest BCUT2D eigenvalue weighted by Gasteiger charge is -2.30. The summed E-state index contributed by atoms with van der Waals surface area (Å²) in [5.41, 5.74) is 0. The summed E-state index contributed by atoms with van der Waals surface area (Å²) in [6.07, 6.45) is 5.00. The zero-order chi connectivity index (χ0) is 13.0. The van der Waals surface area contributed by atoms with Crippen LogP contribution in [0.25, 0.3) is 0 Å². The number of hydrogen-bond donors (Lipinski definition) is 1. The Morgan fingerprint density at radius 2 is 2.28 bits per heavy atom. The highest BCUT2D eigenvalue weighted by Gasteiger charge is 2.27. The minimum atomic E-state index is -0.816. The molecule has 1 amide bonds. The summed E-state index contributed by atoms with van der Waals surface area (Å²) in [5, 5.41) is 16.4. The van der Waals surface area contributed by atoms with Crippen molar-refractivity contribution in [2.45, 2.75) is 25.8 Å². The highest BCUT2D eigenvalue weighted by atomic mass is 16.4. The van der Waals surface area contributed by atoms with E-state index in [-0.39, 0.29) is 5.91 Å². The number of nitrogens with zero attached hydrogens (tertiary/aromatic N) is 4. The largest absolute Gasteiger partial charge is 0.481 e. The van der Waals surface area contributed by atoms with Gasteiger partial charge >= 0.3 is 5.97 Å². The monoisotopic (exact) mass is 252 g/mol. The second-order valence-electron chi connectivity index (χ2n) is 4.43. The molecule has 1 aliphatic rings. The average molecular weight is 252 g/mol. The lowest BCUT2D eigenvalue weighted by Crippen LogP contribution is -2.42. The minimum Gasteiger partial charge on any atom is -0.481 e. The third-order valence-corrected chi connectivity index (χ3v) is 3.15. The van der Waals surface area contributed by atoms with E-state index in [1.54, 1.807) is 22.0 Å². The highest BCUT2D eigenvalue weighted by Crippen LogP contribution is 2.17. The Morgan fingerprint density at radius 1 is 1.44 bits per heavy atom. The topological polar surface area (TPSA) is 88.3 Å². The molecular weight excluding hydrogens is 236 g/mol. The van der Waals surface area contributed by atoms with Crippen molar-refractivity contribution in [2.75, 3.05) is 13.1 Å². The van der Waals surface area contributed by atoms with Crippen molar-refractivity contribution < 1.29 is 14.7 Å². The molecule has 7 nitrogen and oxygen atoms in total. The zero-order valence-electron chi connectivity index (χ0n) is 10.0. The molecule has 0 spiro atoms. The second-order valence-corrected chi connectivity index (χ2v) is 4.43. The van der Waals surface area contributed by atoms with Crippen molar-refractivity contribution in [3.05, 3.63) is 12.4 Å². The molecule has 0 aromatic carbocycles. The Labute approximate surface area is 104 Å². The quantitative estimate of drug-likeness (QED) is 0.814. The SMILES string of the molecule is O=C(O)[C@@H]1CCCN(C(=O)CCn2ccnn2)C1. The molecule has 18 heavy (non-hydrogen) atoms. The van der Waals surface area contributed by atoms with E-state index >= 15 is 0 Å². The van der Waals surface area contributed by atoms with Crippen LogP contribution in [0.3, 0.4) is 0 Å². The summed E-state index contributed by atoms with van der Waals surface area (Å²) in [6, 6.07) is 0. The van der Waals surface area contributed by atoms with E-state index in [1.807, 2.05) is 0 Å². The molecule has 0 radical (unpaired) electrons. The third kappa shape index (κ3) is 3.06. The second kappa shape index (κ2) is 5.61. The predicted octanol–water partition coefficient (Wildman–Crippen LogP) is -0.00860. The standard InChI is InChI=1S/C11H16N4O3/c16-10(3-6-15-7-4-12-13-15)14-5-1-2-9(8-14)11(17)18/h4,7,9H,1-3,5-6,8H2,(H,17,18)/t9-/m1/s1. The highest BCUT2D eigenvalue weighted by molar-refractivity contribution is 5.77. The summed E-state index contributed by atoms with van der Waals surface area (Å²) in [7, 11) is 0. The van der Waals surface area contributed by atoms with Gasteiger partial charge in [-0.25, -0.2) is 0 Å². The van der Waals surface area contributed by atoms with Crippen molar-refractivity contribution in [1.82, 2.24) is 19.9 Å². The summed E-state index contributed by atoms with van der Waals surface area (Å²) in [4.78, 5) is 24.5. The van der Waals surface area contributed by atoms with Gasteiger partial charge in [0.2, 0.25) is 5.91 Å². The van der Waals surface area contributed by atoms with E-state index in [0.717, 1.165) is 6.42 Å². The van der Waals surface area contributed by atoms with Gasteiger partial charge in [-0.1, -0.05) is 5.21 Å². The number of aliphatic carboxylic acids is 1. The first kappa shape index (κ1) is 12.5. The Bertz CT molecular complexity index is 418. The van der Waals surface area contributed by atoms with Gasteiger partial charge in [-0.15, -0.1) is 5.10 Å². The Balaban J connectivity index is 1.83. The fourth-order valence-corrected chi connectivity index (χ4v) is 2.13. The first-order chi connectivity index (χ1) is 8.66. The first-order valence-corrected chi connectivity index (χ1v) is 6.01. The van der Waals surface area contributed by atoms with E-state index in [9.17, 15) is 9.59 Å². The van der Waals surface area contributed by atoms with Crippen molar-refractivity contribution in [1.29, 1.82) is 0 Å². The molecule has 98 valence electrons. The summed E-state index contributed by atoms with van der Waals surface area (Å²) in [5.74, 6) is -1.26. The molecule has 1 aromatic heterocycles. The molecule has 0 saturated carbocycles. The summed E-state index contributed by atoms with van der Waals surface area (Å²) < 4.78 is 1.59. The normalized spacial score (nSPS) is 19.8. The van der Waals surface area contributed by atoms with Gasteiger partial charge in [0.05, 0.1) is 18.7 Å². The molecule has 2 rings (SSSR count). The number of hydrogen-bond acceptors (Lipinski definition) is 4. The lowest BCUT2D eigenvalue weighted by molar-refractivity contribution is -0.145. The first-order valence-electron chi connectivity index (χ1n) is 6.01. The van der Waals surface area contributed by atoms with Crippen LogP contribution in [0.2, 0.25) is 0 Å². The molecule has 0 aliphatic carbocycles. The molecule has 1 fully saturated rings. The van der Waals surface area contributed by atoms with Gasteiger partial charge in [-0.3, -0.25) is 14.3 Å². The van der Waals surface area contributed by atoms with Gasteiger partial charge < -0.3 is 10.0 Å². The number of carbonyl (C=O) groups is 2. The Kier molecular flexibility index (Phi) is 3.91. The van der Waals surface area contributed by atoms with Crippen LogP contribution in [0, 0.1) is 5.92 Å². The van der Waals surface area contributed by atoms with Crippen molar-refractivity contribution in [2.24, 2.45) is 5.92 Å². The lowest BCUT2D eigenvalue weighted by atomic mass is 9.98. The van der Waals surface area contributed by atoms with Crippen LogP contribution in [0.15, 0.2) is 12.4 Å².